The second-order valence-electron chi connectivity index (χ2n) is 6.38. The molecule has 3 heteroatoms. The normalized spacial score (nSPS) is 41.6. The molecule has 0 spiro atoms. The zero-order chi connectivity index (χ0) is 12.1. The van der Waals surface area contributed by atoms with Gasteiger partial charge in [-0.2, -0.15) is 0 Å². The zero-order valence-electron chi connectivity index (χ0n) is 10.9. The van der Waals surface area contributed by atoms with Crippen LogP contribution in [0.3, 0.4) is 0 Å². The van der Waals surface area contributed by atoms with Crippen LogP contribution in [0.4, 0.5) is 0 Å². The van der Waals surface area contributed by atoms with E-state index in [9.17, 15) is 4.79 Å². The van der Waals surface area contributed by atoms with Crippen molar-refractivity contribution in [3.8, 4) is 0 Å². The van der Waals surface area contributed by atoms with Crippen LogP contribution in [0.5, 0.6) is 0 Å². The summed E-state index contributed by atoms with van der Waals surface area (Å²) in [6, 6.07) is 0.292. The number of carbonyl (C=O) groups is 1. The lowest BCUT2D eigenvalue weighted by Gasteiger charge is -2.34. The topological polar surface area (TPSA) is 46.3 Å². The average molecular weight is 224 g/mol. The van der Waals surface area contributed by atoms with Crippen molar-refractivity contribution in [1.29, 1.82) is 0 Å². The molecule has 2 aliphatic rings. The molecule has 2 N–H and O–H groups in total. The molecule has 0 aromatic heterocycles. The molecule has 3 unspecified atom stereocenters. The number of hydrogen-bond acceptors (Lipinski definition) is 2. The molecular weight excluding hydrogens is 200 g/mol. The molecule has 0 aromatic carbocycles. The van der Waals surface area contributed by atoms with Gasteiger partial charge in [0, 0.05) is 19.0 Å². The first kappa shape index (κ1) is 11.9. The highest BCUT2D eigenvalue weighted by molar-refractivity contribution is 5.80. The van der Waals surface area contributed by atoms with E-state index in [-0.39, 0.29) is 23.4 Å². The predicted molar refractivity (Wildman–Crippen MR) is 64.9 cm³/mol. The van der Waals surface area contributed by atoms with Gasteiger partial charge in [0.2, 0.25) is 5.91 Å². The summed E-state index contributed by atoms with van der Waals surface area (Å²) in [5.74, 6) is 0.253. The number of amides is 1. The Bertz CT molecular complexity index is 313. The Morgan fingerprint density at radius 2 is 2.00 bits per heavy atom. The van der Waals surface area contributed by atoms with E-state index >= 15 is 0 Å². The van der Waals surface area contributed by atoms with Crippen LogP contribution in [0.15, 0.2) is 0 Å². The van der Waals surface area contributed by atoms with Gasteiger partial charge in [-0.05, 0) is 23.7 Å². The Morgan fingerprint density at radius 3 is 2.44 bits per heavy atom. The number of carbonyl (C=O) groups excluding carboxylic acids is 1. The second kappa shape index (κ2) is 3.46. The first-order valence-corrected chi connectivity index (χ1v) is 6.38. The van der Waals surface area contributed by atoms with Gasteiger partial charge in [-0.25, -0.2) is 0 Å². The van der Waals surface area contributed by atoms with Gasteiger partial charge in [-0.15, -0.1) is 0 Å². The van der Waals surface area contributed by atoms with Gasteiger partial charge in [-0.3, -0.25) is 4.79 Å². The highest BCUT2D eigenvalue weighted by atomic mass is 16.2. The van der Waals surface area contributed by atoms with Crippen molar-refractivity contribution >= 4 is 5.91 Å². The van der Waals surface area contributed by atoms with E-state index in [1.807, 2.05) is 4.90 Å². The molecule has 16 heavy (non-hydrogen) atoms. The van der Waals surface area contributed by atoms with Crippen molar-refractivity contribution in [3.63, 3.8) is 0 Å². The second-order valence-corrected chi connectivity index (χ2v) is 6.38. The van der Waals surface area contributed by atoms with Crippen LogP contribution in [-0.2, 0) is 4.79 Å². The molecule has 1 aliphatic heterocycles. The molecular formula is C13H24N2O. The zero-order valence-corrected chi connectivity index (χ0v) is 10.9. The van der Waals surface area contributed by atoms with E-state index in [1.54, 1.807) is 0 Å². The number of nitrogens with zero attached hydrogens (tertiary/aromatic N) is 1. The fraction of sp³-hybridized carbons (Fsp3) is 0.923. The van der Waals surface area contributed by atoms with E-state index in [1.165, 1.54) is 6.42 Å². The standard InChI is InChI=1S/C13H24N2O/c1-5-6-15-10(16)7-9(14)11(15)13(4)8-12(13,2)3/h9,11H,5-8,14H2,1-4H3. The third kappa shape index (κ3) is 1.48. The molecule has 1 saturated carbocycles. The molecule has 92 valence electrons. The first-order valence-electron chi connectivity index (χ1n) is 6.38. The Labute approximate surface area is 98.4 Å². The van der Waals surface area contributed by atoms with Crippen molar-refractivity contribution in [2.45, 2.75) is 59.0 Å². The summed E-state index contributed by atoms with van der Waals surface area (Å²) in [6.45, 7) is 9.84. The van der Waals surface area contributed by atoms with Gasteiger partial charge < -0.3 is 10.6 Å². The first-order chi connectivity index (χ1) is 7.33. The van der Waals surface area contributed by atoms with Gasteiger partial charge in [0.15, 0.2) is 0 Å². The van der Waals surface area contributed by atoms with Crippen LogP contribution >= 0.6 is 0 Å². The summed E-state index contributed by atoms with van der Waals surface area (Å²) in [6.07, 6.45) is 2.74. The van der Waals surface area contributed by atoms with E-state index in [4.69, 9.17) is 5.73 Å². The van der Waals surface area contributed by atoms with Gasteiger partial charge in [-0.1, -0.05) is 27.7 Å². The summed E-state index contributed by atoms with van der Waals surface area (Å²) >= 11 is 0. The largest absolute Gasteiger partial charge is 0.338 e. The van der Waals surface area contributed by atoms with Gasteiger partial charge in [0.25, 0.3) is 0 Å². The van der Waals surface area contributed by atoms with E-state index in [0.29, 0.717) is 11.8 Å². The molecule has 3 atom stereocenters. The SMILES string of the molecule is CCCN1C(=O)CC(N)C1C1(C)CC1(C)C. The van der Waals surface area contributed by atoms with E-state index in [0.717, 1.165) is 13.0 Å². The molecule has 1 heterocycles. The molecule has 1 amide bonds. The Balaban J connectivity index is 2.22. The van der Waals surface area contributed by atoms with E-state index < -0.39 is 0 Å². The highest BCUT2D eigenvalue weighted by Crippen LogP contribution is 2.67. The third-order valence-electron chi connectivity index (χ3n) is 4.82. The molecule has 3 nitrogen and oxygen atoms in total. The maximum Gasteiger partial charge on any atom is 0.224 e. The summed E-state index contributed by atoms with van der Waals surface area (Å²) < 4.78 is 0. The van der Waals surface area contributed by atoms with Crippen LogP contribution in [0, 0.1) is 10.8 Å². The summed E-state index contributed by atoms with van der Waals surface area (Å²) in [5.41, 5.74) is 6.74. The molecule has 0 aromatic rings. The van der Waals surface area contributed by atoms with Crippen LogP contribution in [0.2, 0.25) is 0 Å². The van der Waals surface area contributed by atoms with Crippen LogP contribution in [0.1, 0.15) is 47.0 Å². The minimum atomic E-state index is 0.0332. The third-order valence-corrected chi connectivity index (χ3v) is 4.82. The lowest BCUT2D eigenvalue weighted by atomic mass is 9.86. The van der Waals surface area contributed by atoms with Crippen molar-refractivity contribution in [2.75, 3.05) is 6.54 Å². The highest BCUT2D eigenvalue weighted by Gasteiger charge is 2.65. The lowest BCUT2D eigenvalue weighted by Crippen LogP contribution is -2.47. The van der Waals surface area contributed by atoms with Gasteiger partial charge in [0.1, 0.15) is 0 Å². The minimum Gasteiger partial charge on any atom is -0.338 e. The smallest absolute Gasteiger partial charge is 0.224 e. The van der Waals surface area contributed by atoms with Crippen LogP contribution in [0.25, 0.3) is 0 Å². The molecule has 0 radical (unpaired) electrons. The number of nitrogens with two attached hydrogens (primary N) is 1. The lowest BCUT2D eigenvalue weighted by molar-refractivity contribution is -0.129. The Morgan fingerprint density at radius 1 is 1.44 bits per heavy atom. The monoisotopic (exact) mass is 224 g/mol. The van der Waals surface area contributed by atoms with Gasteiger partial charge in [0.05, 0.1) is 6.04 Å². The maximum atomic E-state index is 11.9. The fourth-order valence-corrected chi connectivity index (χ4v) is 3.52. The van der Waals surface area contributed by atoms with Crippen molar-refractivity contribution in [2.24, 2.45) is 16.6 Å². The van der Waals surface area contributed by atoms with Gasteiger partial charge >= 0.3 is 0 Å². The molecule has 2 rings (SSSR count). The van der Waals surface area contributed by atoms with Crippen molar-refractivity contribution < 1.29 is 4.79 Å². The van der Waals surface area contributed by atoms with Crippen molar-refractivity contribution in [3.05, 3.63) is 0 Å². The Kier molecular flexibility index (Phi) is 2.57. The summed E-state index contributed by atoms with van der Waals surface area (Å²) in [5, 5.41) is 0. The molecule has 1 saturated heterocycles. The molecule has 1 aliphatic carbocycles. The number of hydrogen-bond donors (Lipinski definition) is 1. The van der Waals surface area contributed by atoms with Crippen molar-refractivity contribution in [1.82, 2.24) is 4.90 Å². The van der Waals surface area contributed by atoms with E-state index in [2.05, 4.69) is 27.7 Å². The quantitative estimate of drug-likeness (QED) is 0.794. The molecule has 0 bridgehead atoms. The Hall–Kier alpha value is -0.570. The summed E-state index contributed by atoms with van der Waals surface area (Å²) in [7, 11) is 0. The predicted octanol–water partition coefficient (Wildman–Crippen LogP) is 1.76. The van der Waals surface area contributed by atoms with Crippen LogP contribution < -0.4 is 5.73 Å². The number of likely N-dealkylation sites (tertiary alicyclic amines) is 1. The van der Waals surface area contributed by atoms with Crippen LogP contribution in [-0.4, -0.2) is 29.4 Å². The maximum absolute atomic E-state index is 11.9. The fourth-order valence-electron chi connectivity index (χ4n) is 3.52. The minimum absolute atomic E-state index is 0.0332. The number of rotatable bonds is 3. The summed E-state index contributed by atoms with van der Waals surface area (Å²) in [4.78, 5) is 14.0. The molecule has 2 fully saturated rings. The average Bonchev–Trinajstić information content (AvgIpc) is 2.49.